The van der Waals surface area contributed by atoms with E-state index in [0.29, 0.717) is 16.8 Å². The molecule has 92 valence electrons. The maximum absolute atomic E-state index is 10.8. The first kappa shape index (κ1) is 11.4. The second-order valence-corrected chi connectivity index (χ2v) is 5.00. The number of aromatic nitrogens is 1. The Morgan fingerprint density at radius 1 is 1.39 bits per heavy atom. The van der Waals surface area contributed by atoms with Gasteiger partial charge in [-0.2, -0.15) is 0 Å². The van der Waals surface area contributed by atoms with Gasteiger partial charge in [-0.15, -0.1) is 0 Å². The fourth-order valence-corrected chi connectivity index (χ4v) is 2.56. The first-order valence-corrected chi connectivity index (χ1v) is 6.27. The Bertz CT molecular complexity index is 638. The van der Waals surface area contributed by atoms with Crippen molar-refractivity contribution >= 4 is 28.2 Å². The van der Waals surface area contributed by atoms with Crippen molar-refractivity contribution in [1.29, 1.82) is 0 Å². The maximum atomic E-state index is 10.8. The Hall–Kier alpha value is -1.68. The Labute approximate surface area is 109 Å². The maximum Gasteiger partial charge on any atom is 0.306 e. The number of fused-ring (bicyclic) bond motifs is 1. The van der Waals surface area contributed by atoms with Gasteiger partial charge in [-0.25, -0.2) is 4.98 Å². The van der Waals surface area contributed by atoms with Crippen LogP contribution in [-0.2, 0) is 0 Å². The van der Waals surface area contributed by atoms with Crippen LogP contribution < -0.4 is 0 Å². The van der Waals surface area contributed by atoms with Crippen LogP contribution in [0.3, 0.4) is 0 Å². The van der Waals surface area contributed by atoms with Crippen LogP contribution in [0.5, 0.6) is 0 Å². The van der Waals surface area contributed by atoms with Crippen LogP contribution in [0.4, 0.5) is 5.69 Å². The Balaban J connectivity index is 2.17. The highest BCUT2D eigenvalue weighted by Crippen LogP contribution is 2.39. The van der Waals surface area contributed by atoms with E-state index < -0.39 is 4.92 Å². The molecule has 1 aromatic heterocycles. The highest BCUT2D eigenvalue weighted by Gasteiger charge is 2.21. The van der Waals surface area contributed by atoms with Crippen molar-refractivity contribution in [3.8, 4) is 0 Å². The van der Waals surface area contributed by atoms with Gasteiger partial charge in [0, 0.05) is 5.39 Å². The highest BCUT2D eigenvalue weighted by atomic mass is 35.5. The number of hydrogen-bond donors (Lipinski definition) is 0. The third-order valence-electron chi connectivity index (χ3n) is 3.58. The van der Waals surface area contributed by atoms with Gasteiger partial charge >= 0.3 is 5.69 Å². The summed E-state index contributed by atoms with van der Waals surface area (Å²) in [6.45, 7) is 0. The van der Waals surface area contributed by atoms with Crippen molar-refractivity contribution in [3.63, 3.8) is 0 Å². The normalized spacial score (nSPS) is 15.6. The standard InChI is InChI=1S/C13H11ClN2O2/c14-13-10-6-9(8-2-1-3-8)4-5-11(10)15-7-12(13)16(17)18/h4-8H,1-3H2. The summed E-state index contributed by atoms with van der Waals surface area (Å²) in [4.78, 5) is 14.4. The van der Waals surface area contributed by atoms with E-state index in [4.69, 9.17) is 11.6 Å². The molecule has 4 nitrogen and oxygen atoms in total. The molecule has 5 heteroatoms. The zero-order valence-electron chi connectivity index (χ0n) is 9.60. The third kappa shape index (κ3) is 1.73. The van der Waals surface area contributed by atoms with Crippen molar-refractivity contribution in [3.05, 3.63) is 45.1 Å². The summed E-state index contributed by atoms with van der Waals surface area (Å²) < 4.78 is 0. The van der Waals surface area contributed by atoms with Crippen LogP contribution in [0.15, 0.2) is 24.4 Å². The van der Waals surface area contributed by atoms with E-state index in [1.165, 1.54) is 31.0 Å². The van der Waals surface area contributed by atoms with E-state index in [9.17, 15) is 10.1 Å². The first-order chi connectivity index (χ1) is 8.66. The molecule has 0 unspecified atom stereocenters. The molecule has 1 fully saturated rings. The molecule has 3 rings (SSSR count). The molecular weight excluding hydrogens is 252 g/mol. The number of hydrogen-bond acceptors (Lipinski definition) is 3. The number of benzene rings is 1. The molecular formula is C13H11ClN2O2. The smallest absolute Gasteiger partial charge is 0.258 e. The average Bonchev–Trinajstić information content (AvgIpc) is 2.27. The number of nitro groups is 1. The molecule has 1 aliphatic rings. The average molecular weight is 263 g/mol. The van der Waals surface area contributed by atoms with Gasteiger partial charge in [-0.1, -0.05) is 24.1 Å². The van der Waals surface area contributed by atoms with Gasteiger partial charge in [0.25, 0.3) is 0 Å². The van der Waals surface area contributed by atoms with Crippen LogP contribution in [0, 0.1) is 10.1 Å². The quantitative estimate of drug-likeness (QED) is 0.606. The molecule has 0 saturated heterocycles. The van der Waals surface area contributed by atoms with Gasteiger partial charge in [0.1, 0.15) is 11.2 Å². The fourth-order valence-electron chi connectivity index (χ4n) is 2.29. The molecule has 2 aromatic rings. The Morgan fingerprint density at radius 3 is 2.78 bits per heavy atom. The summed E-state index contributed by atoms with van der Waals surface area (Å²) >= 11 is 6.09. The van der Waals surface area contributed by atoms with E-state index in [0.717, 1.165) is 0 Å². The van der Waals surface area contributed by atoms with Crippen LogP contribution in [0.25, 0.3) is 10.9 Å². The molecule has 0 atom stereocenters. The molecule has 0 radical (unpaired) electrons. The monoisotopic (exact) mass is 262 g/mol. The van der Waals surface area contributed by atoms with Crippen LogP contribution in [-0.4, -0.2) is 9.91 Å². The fraction of sp³-hybridized carbons (Fsp3) is 0.308. The van der Waals surface area contributed by atoms with Gasteiger partial charge in [0.05, 0.1) is 10.4 Å². The zero-order chi connectivity index (χ0) is 12.7. The zero-order valence-corrected chi connectivity index (χ0v) is 10.4. The summed E-state index contributed by atoms with van der Waals surface area (Å²) in [6, 6.07) is 5.88. The molecule has 1 aromatic carbocycles. The number of halogens is 1. The second-order valence-electron chi connectivity index (χ2n) is 4.62. The van der Waals surface area contributed by atoms with E-state index in [1.54, 1.807) is 0 Å². The molecule has 1 heterocycles. The summed E-state index contributed by atoms with van der Waals surface area (Å²) in [5.74, 6) is 0.574. The minimum atomic E-state index is -0.495. The predicted molar refractivity (Wildman–Crippen MR) is 70.0 cm³/mol. The lowest BCUT2D eigenvalue weighted by Gasteiger charge is -2.25. The van der Waals surface area contributed by atoms with Crippen LogP contribution in [0.1, 0.15) is 30.7 Å². The molecule has 1 saturated carbocycles. The van der Waals surface area contributed by atoms with Crippen molar-refractivity contribution in [2.45, 2.75) is 25.2 Å². The number of nitrogens with zero attached hydrogens (tertiary/aromatic N) is 2. The molecule has 0 aliphatic heterocycles. The van der Waals surface area contributed by atoms with Crippen LogP contribution >= 0.6 is 11.6 Å². The topological polar surface area (TPSA) is 56.0 Å². The van der Waals surface area contributed by atoms with Gasteiger partial charge in [0.15, 0.2) is 0 Å². The van der Waals surface area contributed by atoms with Gasteiger partial charge in [-0.3, -0.25) is 10.1 Å². The third-order valence-corrected chi connectivity index (χ3v) is 3.98. The second kappa shape index (κ2) is 4.21. The largest absolute Gasteiger partial charge is 0.306 e. The van der Waals surface area contributed by atoms with Gasteiger partial charge in [-0.05, 0) is 36.5 Å². The minimum absolute atomic E-state index is 0.130. The summed E-state index contributed by atoms with van der Waals surface area (Å²) in [7, 11) is 0. The van der Waals surface area contributed by atoms with Gasteiger partial charge in [0.2, 0.25) is 0 Å². The molecule has 0 amide bonds. The lowest BCUT2D eigenvalue weighted by atomic mass is 9.80. The molecule has 0 N–H and O–H groups in total. The number of rotatable bonds is 2. The first-order valence-electron chi connectivity index (χ1n) is 5.89. The van der Waals surface area contributed by atoms with E-state index in [-0.39, 0.29) is 10.7 Å². The van der Waals surface area contributed by atoms with E-state index in [1.807, 2.05) is 18.2 Å². The summed E-state index contributed by atoms with van der Waals surface area (Å²) in [5.41, 5.74) is 1.78. The van der Waals surface area contributed by atoms with Crippen molar-refractivity contribution < 1.29 is 4.92 Å². The lowest BCUT2D eigenvalue weighted by Crippen LogP contribution is -2.08. The summed E-state index contributed by atoms with van der Waals surface area (Å²) in [6.07, 6.45) is 4.84. The van der Waals surface area contributed by atoms with E-state index >= 15 is 0 Å². The number of pyridine rings is 1. The Kier molecular flexibility index (Phi) is 2.67. The molecule has 0 bridgehead atoms. The Morgan fingerprint density at radius 2 is 2.17 bits per heavy atom. The highest BCUT2D eigenvalue weighted by molar-refractivity contribution is 6.37. The van der Waals surface area contributed by atoms with Crippen molar-refractivity contribution in [2.75, 3.05) is 0 Å². The molecule has 18 heavy (non-hydrogen) atoms. The molecule has 1 aliphatic carbocycles. The minimum Gasteiger partial charge on any atom is -0.258 e. The summed E-state index contributed by atoms with van der Waals surface area (Å²) in [5, 5.41) is 11.7. The van der Waals surface area contributed by atoms with Crippen LogP contribution in [0.2, 0.25) is 5.02 Å². The predicted octanol–water partition coefficient (Wildman–Crippen LogP) is 4.06. The van der Waals surface area contributed by atoms with E-state index in [2.05, 4.69) is 4.98 Å². The molecule has 0 spiro atoms. The lowest BCUT2D eigenvalue weighted by molar-refractivity contribution is -0.384. The van der Waals surface area contributed by atoms with Gasteiger partial charge < -0.3 is 0 Å². The SMILES string of the molecule is O=[N+]([O-])c1cnc2ccc(C3CCC3)cc2c1Cl. The van der Waals surface area contributed by atoms with Crippen molar-refractivity contribution in [1.82, 2.24) is 4.98 Å². The van der Waals surface area contributed by atoms with Crippen molar-refractivity contribution in [2.24, 2.45) is 0 Å².